The van der Waals surface area contributed by atoms with Crippen molar-refractivity contribution in [1.29, 1.82) is 0 Å². The molecule has 1 aromatic carbocycles. The van der Waals surface area contributed by atoms with Gasteiger partial charge < -0.3 is 9.64 Å². The van der Waals surface area contributed by atoms with Gasteiger partial charge in [-0.25, -0.2) is 0 Å². The van der Waals surface area contributed by atoms with Gasteiger partial charge in [-0.2, -0.15) is 0 Å². The Labute approximate surface area is 141 Å². The van der Waals surface area contributed by atoms with E-state index in [4.69, 9.17) is 4.74 Å². The SMILES string of the molecule is COc1c(CCC2=CC(C)=CC2)cc(N(C)C)cc1C(C)(C)C. The smallest absolute Gasteiger partial charge is 0.125 e. The van der Waals surface area contributed by atoms with E-state index in [-0.39, 0.29) is 5.41 Å². The second kappa shape index (κ2) is 6.82. The van der Waals surface area contributed by atoms with Crippen LogP contribution < -0.4 is 9.64 Å². The third kappa shape index (κ3) is 4.19. The highest BCUT2D eigenvalue weighted by Crippen LogP contribution is 2.38. The summed E-state index contributed by atoms with van der Waals surface area (Å²) < 4.78 is 5.82. The quantitative estimate of drug-likeness (QED) is 0.734. The first kappa shape index (κ1) is 17.7. The van der Waals surface area contributed by atoms with Crippen molar-refractivity contribution in [3.63, 3.8) is 0 Å². The van der Waals surface area contributed by atoms with E-state index in [2.05, 4.69) is 71.0 Å². The summed E-state index contributed by atoms with van der Waals surface area (Å²) in [5, 5.41) is 0. The van der Waals surface area contributed by atoms with Crippen LogP contribution in [0, 0.1) is 0 Å². The van der Waals surface area contributed by atoms with Crippen molar-refractivity contribution in [1.82, 2.24) is 0 Å². The van der Waals surface area contributed by atoms with Gasteiger partial charge in [-0.15, -0.1) is 0 Å². The predicted octanol–water partition coefficient (Wildman–Crippen LogP) is 5.27. The summed E-state index contributed by atoms with van der Waals surface area (Å²) in [6.45, 7) is 8.93. The van der Waals surface area contributed by atoms with Gasteiger partial charge in [-0.05, 0) is 49.3 Å². The highest BCUT2D eigenvalue weighted by Gasteiger charge is 2.23. The van der Waals surface area contributed by atoms with Gasteiger partial charge in [0.1, 0.15) is 5.75 Å². The van der Waals surface area contributed by atoms with E-state index in [1.807, 2.05) is 0 Å². The van der Waals surface area contributed by atoms with Crippen molar-refractivity contribution in [2.45, 2.75) is 52.4 Å². The fraction of sp³-hybridized carbons (Fsp3) is 0.524. The molecule has 2 nitrogen and oxygen atoms in total. The summed E-state index contributed by atoms with van der Waals surface area (Å²) in [7, 11) is 6.00. The molecule has 126 valence electrons. The monoisotopic (exact) mass is 313 g/mol. The second-order valence-corrected chi connectivity index (χ2v) is 7.78. The topological polar surface area (TPSA) is 12.5 Å². The van der Waals surface area contributed by atoms with Gasteiger partial charge in [-0.3, -0.25) is 0 Å². The molecule has 0 N–H and O–H groups in total. The van der Waals surface area contributed by atoms with Crippen LogP contribution in [0.5, 0.6) is 5.75 Å². The molecule has 0 unspecified atom stereocenters. The minimum atomic E-state index is 0.0664. The molecule has 1 aromatic rings. The molecule has 0 aliphatic heterocycles. The molecule has 0 amide bonds. The Morgan fingerprint density at radius 2 is 1.83 bits per heavy atom. The highest BCUT2D eigenvalue weighted by molar-refractivity contribution is 5.58. The van der Waals surface area contributed by atoms with Crippen LogP contribution in [0.25, 0.3) is 0 Å². The first-order valence-electron chi connectivity index (χ1n) is 8.47. The molecule has 2 rings (SSSR count). The van der Waals surface area contributed by atoms with Gasteiger partial charge >= 0.3 is 0 Å². The number of ether oxygens (including phenoxy) is 1. The fourth-order valence-corrected chi connectivity index (χ4v) is 3.12. The van der Waals surface area contributed by atoms with Gasteiger partial charge in [0.15, 0.2) is 0 Å². The molecule has 2 heteroatoms. The Morgan fingerprint density at radius 3 is 2.30 bits per heavy atom. The van der Waals surface area contributed by atoms with Crippen molar-refractivity contribution < 1.29 is 4.74 Å². The van der Waals surface area contributed by atoms with Crippen LogP contribution >= 0.6 is 0 Å². The summed E-state index contributed by atoms with van der Waals surface area (Å²) in [5.74, 6) is 1.06. The van der Waals surface area contributed by atoms with Gasteiger partial charge in [0.2, 0.25) is 0 Å². The van der Waals surface area contributed by atoms with Crippen molar-refractivity contribution in [2.24, 2.45) is 0 Å². The second-order valence-electron chi connectivity index (χ2n) is 7.78. The summed E-state index contributed by atoms with van der Waals surface area (Å²) in [6, 6.07) is 4.55. The van der Waals surface area contributed by atoms with Gasteiger partial charge in [-0.1, -0.05) is 44.1 Å². The minimum absolute atomic E-state index is 0.0664. The average Bonchev–Trinajstić information content (AvgIpc) is 2.88. The van der Waals surface area contributed by atoms with Crippen molar-refractivity contribution >= 4 is 5.69 Å². The van der Waals surface area contributed by atoms with E-state index in [1.165, 1.54) is 28.0 Å². The molecule has 0 fully saturated rings. The van der Waals surface area contributed by atoms with E-state index < -0.39 is 0 Å². The summed E-state index contributed by atoms with van der Waals surface area (Å²) in [6.07, 6.45) is 7.87. The number of hydrogen-bond acceptors (Lipinski definition) is 2. The van der Waals surface area contributed by atoms with Crippen LogP contribution in [0.2, 0.25) is 0 Å². The predicted molar refractivity (Wildman–Crippen MR) is 101 cm³/mol. The van der Waals surface area contributed by atoms with Crippen LogP contribution in [0.1, 0.15) is 51.7 Å². The molecule has 0 atom stereocenters. The first-order valence-corrected chi connectivity index (χ1v) is 8.47. The summed E-state index contributed by atoms with van der Waals surface area (Å²) >= 11 is 0. The number of methoxy groups -OCH3 is 1. The number of benzene rings is 1. The molecular formula is C21H31NO. The van der Waals surface area contributed by atoms with E-state index in [9.17, 15) is 0 Å². The zero-order chi connectivity index (χ0) is 17.2. The fourth-order valence-electron chi connectivity index (χ4n) is 3.12. The average molecular weight is 313 g/mol. The molecule has 23 heavy (non-hydrogen) atoms. The summed E-state index contributed by atoms with van der Waals surface area (Å²) in [5.41, 5.74) is 6.84. The Bertz CT molecular complexity index is 630. The van der Waals surface area contributed by atoms with Gasteiger partial charge in [0, 0.05) is 25.3 Å². The molecule has 0 spiro atoms. The number of hydrogen-bond donors (Lipinski definition) is 0. The van der Waals surface area contributed by atoms with Crippen LogP contribution in [0.3, 0.4) is 0 Å². The van der Waals surface area contributed by atoms with E-state index in [0.717, 1.165) is 25.0 Å². The van der Waals surface area contributed by atoms with Gasteiger partial charge in [0.05, 0.1) is 7.11 Å². The lowest BCUT2D eigenvalue weighted by Crippen LogP contribution is -2.17. The maximum Gasteiger partial charge on any atom is 0.125 e. The highest BCUT2D eigenvalue weighted by atomic mass is 16.5. The molecule has 0 radical (unpaired) electrons. The maximum absolute atomic E-state index is 5.82. The zero-order valence-electron chi connectivity index (χ0n) is 15.8. The minimum Gasteiger partial charge on any atom is -0.496 e. The number of anilines is 1. The largest absolute Gasteiger partial charge is 0.496 e. The summed E-state index contributed by atoms with van der Waals surface area (Å²) in [4.78, 5) is 2.18. The molecule has 1 aliphatic carbocycles. The van der Waals surface area contributed by atoms with Crippen LogP contribution in [-0.4, -0.2) is 21.2 Å². The number of allylic oxidation sites excluding steroid dienone is 4. The van der Waals surface area contributed by atoms with Crippen LogP contribution in [0.15, 0.2) is 35.4 Å². The standard InChI is InChI=1S/C21H31NO/c1-15-8-9-16(12-15)10-11-17-13-18(22(5)6)14-19(20(17)23-7)21(2,3)4/h8,12-14H,9-11H2,1-7H3. The molecular weight excluding hydrogens is 282 g/mol. The number of rotatable bonds is 5. The zero-order valence-corrected chi connectivity index (χ0v) is 15.8. The normalized spacial score (nSPS) is 14.6. The Morgan fingerprint density at radius 1 is 1.13 bits per heavy atom. The third-order valence-electron chi connectivity index (χ3n) is 4.51. The number of nitrogens with zero attached hydrogens (tertiary/aromatic N) is 1. The van der Waals surface area contributed by atoms with E-state index in [0.29, 0.717) is 0 Å². The van der Waals surface area contributed by atoms with Crippen molar-refractivity contribution in [3.05, 3.63) is 46.6 Å². The molecule has 0 bridgehead atoms. The molecule has 0 aromatic heterocycles. The lowest BCUT2D eigenvalue weighted by molar-refractivity contribution is 0.392. The van der Waals surface area contributed by atoms with Crippen molar-refractivity contribution in [2.75, 3.05) is 26.1 Å². The van der Waals surface area contributed by atoms with E-state index >= 15 is 0 Å². The van der Waals surface area contributed by atoms with E-state index in [1.54, 1.807) is 7.11 Å². The Balaban J connectivity index is 2.36. The third-order valence-corrected chi connectivity index (χ3v) is 4.51. The molecule has 0 saturated carbocycles. The molecule has 1 aliphatic rings. The number of aryl methyl sites for hydroxylation is 1. The van der Waals surface area contributed by atoms with Crippen molar-refractivity contribution in [3.8, 4) is 5.75 Å². The van der Waals surface area contributed by atoms with Crippen LogP contribution in [0.4, 0.5) is 5.69 Å². The molecule has 0 heterocycles. The van der Waals surface area contributed by atoms with Crippen LogP contribution in [-0.2, 0) is 11.8 Å². The lowest BCUT2D eigenvalue weighted by Gasteiger charge is -2.27. The maximum atomic E-state index is 5.82. The molecule has 0 saturated heterocycles. The Kier molecular flexibility index (Phi) is 5.23. The Hall–Kier alpha value is -1.70. The first-order chi connectivity index (χ1) is 10.7. The lowest BCUT2D eigenvalue weighted by atomic mass is 9.84. The van der Waals surface area contributed by atoms with Gasteiger partial charge in [0.25, 0.3) is 0 Å².